The third-order valence-corrected chi connectivity index (χ3v) is 6.61. The number of benzene rings is 3. The van der Waals surface area contributed by atoms with Gasteiger partial charge in [0, 0.05) is 12.6 Å². The number of carbonyl (C=O) groups excluding carboxylic acids is 2. The Balaban J connectivity index is 1.79. The second-order valence-electron chi connectivity index (χ2n) is 11.5. The van der Waals surface area contributed by atoms with Crippen molar-refractivity contribution in [2.24, 2.45) is 0 Å². The summed E-state index contributed by atoms with van der Waals surface area (Å²) in [6.07, 6.45) is 2.85. The predicted octanol–water partition coefficient (Wildman–Crippen LogP) is 6.00. The maximum Gasteiger partial charge on any atom is 0.408 e. The van der Waals surface area contributed by atoms with Gasteiger partial charge in [-0.15, -0.1) is 0 Å². The molecule has 0 bridgehead atoms. The van der Waals surface area contributed by atoms with Gasteiger partial charge in [0.2, 0.25) is 0 Å². The molecule has 0 aliphatic heterocycles. The van der Waals surface area contributed by atoms with Crippen LogP contribution in [0.5, 0.6) is 0 Å². The van der Waals surface area contributed by atoms with Crippen molar-refractivity contribution in [1.29, 1.82) is 5.26 Å². The third-order valence-electron chi connectivity index (χ3n) is 6.61. The quantitative estimate of drug-likeness (QED) is 0.197. The Morgan fingerprint density at radius 2 is 1.31 bits per heavy atom. The van der Waals surface area contributed by atoms with Gasteiger partial charge in [0.15, 0.2) is 5.60 Å². The van der Waals surface area contributed by atoms with Crippen molar-refractivity contribution in [3.8, 4) is 6.07 Å². The molecule has 4 rings (SSSR count). The minimum Gasteiger partial charge on any atom is -0.444 e. The highest BCUT2D eigenvalue weighted by Gasteiger charge is 2.39. The predicted molar refractivity (Wildman–Crippen MR) is 159 cm³/mol. The molecule has 0 saturated heterocycles. The van der Waals surface area contributed by atoms with Crippen LogP contribution in [0.3, 0.4) is 0 Å². The largest absolute Gasteiger partial charge is 0.444 e. The Kier molecular flexibility index (Phi) is 8.82. The summed E-state index contributed by atoms with van der Waals surface area (Å²) < 4.78 is 12.9. The van der Waals surface area contributed by atoms with Crippen molar-refractivity contribution < 1.29 is 19.1 Å². The fourth-order valence-corrected chi connectivity index (χ4v) is 4.84. The Morgan fingerprint density at radius 3 is 1.74 bits per heavy atom. The lowest BCUT2D eigenvalue weighted by molar-refractivity contribution is -0.154. The maximum atomic E-state index is 13.2. The zero-order valence-corrected chi connectivity index (χ0v) is 24.6. The smallest absolute Gasteiger partial charge is 0.408 e. The van der Waals surface area contributed by atoms with Crippen molar-refractivity contribution in [1.82, 2.24) is 14.9 Å². The number of esters is 1. The number of nitrogens with zero attached hydrogens (tertiary/aromatic N) is 3. The summed E-state index contributed by atoms with van der Waals surface area (Å²) in [5.41, 5.74) is 0.654. The molecule has 216 valence electrons. The summed E-state index contributed by atoms with van der Waals surface area (Å²) in [4.78, 5) is 30.6. The van der Waals surface area contributed by atoms with Gasteiger partial charge < -0.3 is 19.4 Å². The number of hydrogen-bond donors (Lipinski definition) is 1. The number of hydrogen-bond acceptors (Lipinski definition) is 6. The highest BCUT2D eigenvalue weighted by molar-refractivity contribution is 5.82. The molecule has 0 saturated carbocycles. The molecule has 1 heterocycles. The van der Waals surface area contributed by atoms with Gasteiger partial charge in [-0.2, -0.15) is 5.26 Å². The van der Waals surface area contributed by atoms with E-state index in [1.54, 1.807) is 27.1 Å². The first-order chi connectivity index (χ1) is 19.9. The van der Waals surface area contributed by atoms with E-state index in [9.17, 15) is 14.9 Å². The van der Waals surface area contributed by atoms with Crippen LogP contribution in [0.25, 0.3) is 0 Å². The molecule has 1 aromatic heterocycles. The number of rotatable bonds is 9. The number of amides is 1. The summed E-state index contributed by atoms with van der Waals surface area (Å²) in [5, 5.41) is 12.0. The van der Waals surface area contributed by atoms with Crippen molar-refractivity contribution in [2.45, 2.75) is 63.8 Å². The topological polar surface area (TPSA) is 106 Å². The second-order valence-corrected chi connectivity index (χ2v) is 11.5. The summed E-state index contributed by atoms with van der Waals surface area (Å²) in [5.74, 6) is -0.762. The van der Waals surface area contributed by atoms with Crippen molar-refractivity contribution in [3.05, 3.63) is 126 Å². The Labute approximate surface area is 246 Å². The van der Waals surface area contributed by atoms with Crippen LogP contribution < -0.4 is 5.32 Å². The average molecular weight is 565 g/mol. The lowest BCUT2D eigenvalue weighted by Crippen LogP contribution is -2.47. The molecule has 0 aliphatic rings. The number of ether oxygens (including phenoxy) is 2. The molecule has 8 nitrogen and oxygen atoms in total. The number of alkyl carbamates (subject to hydrolysis) is 1. The van der Waals surface area contributed by atoms with Gasteiger partial charge in [-0.3, -0.25) is 0 Å². The Morgan fingerprint density at radius 1 is 0.833 bits per heavy atom. The molecule has 0 spiro atoms. The standard InChI is InChI=1S/C34H36N4O4/c1-32(2,3)42-31(40)37-29(30(39)41-33(4,5)23-35)21-28-22-38(24-36-28)34(25-15-9-6-10-16-25,26-17-11-7-12-18-26)27-19-13-8-14-20-27/h6-20,22,24,29H,21H2,1-5H3,(H,37,40)/t29-/m0/s1. The molecule has 1 atom stereocenters. The minimum absolute atomic E-state index is 0.0149. The maximum absolute atomic E-state index is 13.2. The van der Waals surface area contributed by atoms with E-state index >= 15 is 0 Å². The van der Waals surface area contributed by atoms with Crippen LogP contribution in [0.2, 0.25) is 0 Å². The van der Waals surface area contributed by atoms with Crippen LogP contribution in [0, 0.1) is 11.3 Å². The Hall–Kier alpha value is -4.90. The summed E-state index contributed by atoms with van der Waals surface area (Å²) in [6, 6.07) is 31.2. The van der Waals surface area contributed by atoms with E-state index in [-0.39, 0.29) is 6.42 Å². The number of carbonyl (C=O) groups is 2. The van der Waals surface area contributed by atoms with Crippen molar-refractivity contribution >= 4 is 12.1 Å². The molecule has 4 aromatic rings. The zero-order chi connectivity index (χ0) is 30.4. The fourth-order valence-electron chi connectivity index (χ4n) is 4.84. The summed E-state index contributed by atoms with van der Waals surface area (Å²) in [6.45, 7) is 8.17. The number of nitriles is 1. The third kappa shape index (κ3) is 6.87. The van der Waals surface area contributed by atoms with Gasteiger partial charge >= 0.3 is 12.1 Å². The Bertz CT molecular complexity index is 1440. The van der Waals surface area contributed by atoms with E-state index in [0.29, 0.717) is 5.69 Å². The van der Waals surface area contributed by atoms with Crippen LogP contribution in [-0.2, 0) is 26.2 Å². The molecule has 0 aliphatic carbocycles. The first kappa shape index (κ1) is 30.1. The second kappa shape index (κ2) is 12.3. The molecular formula is C34H36N4O4. The van der Waals surface area contributed by atoms with Crippen molar-refractivity contribution in [3.63, 3.8) is 0 Å². The van der Waals surface area contributed by atoms with E-state index in [1.807, 2.05) is 71.4 Å². The molecule has 0 unspecified atom stereocenters. The number of imidazole rings is 1. The van der Waals surface area contributed by atoms with E-state index in [0.717, 1.165) is 16.7 Å². The molecule has 3 aromatic carbocycles. The number of aromatic nitrogens is 2. The lowest BCUT2D eigenvalue weighted by Gasteiger charge is -2.37. The molecule has 0 radical (unpaired) electrons. The summed E-state index contributed by atoms with van der Waals surface area (Å²) in [7, 11) is 0. The van der Waals surface area contributed by atoms with Crippen LogP contribution in [0.15, 0.2) is 104 Å². The SMILES string of the molecule is CC(C)(C)OC(=O)N[C@@H](Cc1cn(C(c2ccccc2)(c2ccccc2)c2ccccc2)cn1)C(=O)OC(C)(C)C#N. The van der Waals surface area contributed by atoms with Gasteiger partial charge in [0.25, 0.3) is 0 Å². The molecule has 8 heteroatoms. The van der Waals surface area contributed by atoms with Gasteiger partial charge in [0.05, 0.1) is 12.0 Å². The molecule has 42 heavy (non-hydrogen) atoms. The monoisotopic (exact) mass is 564 g/mol. The van der Waals surface area contributed by atoms with Crippen molar-refractivity contribution in [2.75, 3.05) is 0 Å². The lowest BCUT2D eigenvalue weighted by atomic mass is 9.77. The van der Waals surface area contributed by atoms with Gasteiger partial charge in [0.1, 0.15) is 23.3 Å². The first-order valence-electron chi connectivity index (χ1n) is 13.8. The van der Waals surface area contributed by atoms with E-state index in [4.69, 9.17) is 9.47 Å². The normalized spacial score (nSPS) is 12.6. The van der Waals surface area contributed by atoms with Crippen LogP contribution in [0.1, 0.15) is 57.0 Å². The highest BCUT2D eigenvalue weighted by Crippen LogP contribution is 2.40. The minimum atomic E-state index is -1.38. The molecular weight excluding hydrogens is 528 g/mol. The van der Waals surface area contributed by atoms with E-state index in [2.05, 4.69) is 46.7 Å². The average Bonchev–Trinajstić information content (AvgIpc) is 3.42. The molecule has 1 N–H and O–H groups in total. The van der Waals surface area contributed by atoms with Crippen LogP contribution >= 0.6 is 0 Å². The van der Waals surface area contributed by atoms with Crippen LogP contribution in [0.4, 0.5) is 4.79 Å². The number of nitrogens with one attached hydrogen (secondary N) is 1. The first-order valence-corrected chi connectivity index (χ1v) is 13.8. The summed E-state index contributed by atoms with van der Waals surface area (Å²) >= 11 is 0. The molecule has 1 amide bonds. The highest BCUT2D eigenvalue weighted by atomic mass is 16.6. The van der Waals surface area contributed by atoms with E-state index in [1.165, 1.54) is 13.8 Å². The van der Waals surface area contributed by atoms with E-state index < -0.39 is 34.8 Å². The molecule has 0 fully saturated rings. The van der Waals surface area contributed by atoms with Gasteiger partial charge in [-0.1, -0.05) is 91.0 Å². The zero-order valence-electron chi connectivity index (χ0n) is 24.6. The fraction of sp³-hybridized carbons (Fsp3) is 0.294. The van der Waals surface area contributed by atoms with Crippen LogP contribution in [-0.4, -0.2) is 38.9 Å². The van der Waals surface area contributed by atoms with Gasteiger partial charge in [-0.25, -0.2) is 14.6 Å². The van der Waals surface area contributed by atoms with Gasteiger partial charge in [-0.05, 0) is 51.3 Å².